The van der Waals surface area contributed by atoms with Crippen LogP contribution >= 0.6 is 11.6 Å². The standard InChI is InChI=1S/C22H22ClN5O2/c1-14-5-6-18-16(13-26-19(18)11-14)7-9-24-22(29)25-10-8-20-27-21(28-30-20)15-3-2-4-17(23)12-15/h2-6,11-13,26H,7-10H2,1H3,(H2,24,25,29). The zero-order valence-corrected chi connectivity index (χ0v) is 17.3. The lowest BCUT2D eigenvalue weighted by atomic mass is 10.1. The van der Waals surface area contributed by atoms with Crippen LogP contribution in [0.25, 0.3) is 22.3 Å². The molecule has 0 radical (unpaired) electrons. The average molecular weight is 424 g/mol. The van der Waals surface area contributed by atoms with Crippen molar-refractivity contribution < 1.29 is 9.32 Å². The molecule has 2 amide bonds. The number of rotatable bonds is 7. The topological polar surface area (TPSA) is 95.8 Å². The van der Waals surface area contributed by atoms with Crippen molar-refractivity contribution in [3.05, 3.63) is 70.7 Å². The lowest BCUT2D eigenvalue weighted by Crippen LogP contribution is -2.37. The van der Waals surface area contributed by atoms with Crippen LogP contribution in [-0.2, 0) is 12.8 Å². The molecule has 8 heteroatoms. The SMILES string of the molecule is Cc1ccc2c(CCNC(=O)NCCc3nc(-c4cccc(Cl)c4)no3)c[nH]c2c1. The Morgan fingerprint density at radius 2 is 1.97 bits per heavy atom. The maximum absolute atomic E-state index is 12.0. The minimum Gasteiger partial charge on any atom is -0.361 e. The van der Waals surface area contributed by atoms with Gasteiger partial charge in [-0.05, 0) is 42.7 Å². The summed E-state index contributed by atoms with van der Waals surface area (Å²) >= 11 is 5.99. The summed E-state index contributed by atoms with van der Waals surface area (Å²) in [5.74, 6) is 0.935. The fourth-order valence-electron chi connectivity index (χ4n) is 3.26. The molecule has 0 bridgehead atoms. The van der Waals surface area contributed by atoms with E-state index in [1.807, 2.05) is 18.3 Å². The van der Waals surface area contributed by atoms with Crippen LogP contribution in [0.5, 0.6) is 0 Å². The first-order valence-electron chi connectivity index (χ1n) is 9.75. The number of aryl methyl sites for hydroxylation is 1. The van der Waals surface area contributed by atoms with Crippen molar-refractivity contribution in [1.82, 2.24) is 25.8 Å². The van der Waals surface area contributed by atoms with Crippen LogP contribution in [0.15, 0.2) is 53.2 Å². The van der Waals surface area contributed by atoms with E-state index >= 15 is 0 Å². The Morgan fingerprint density at radius 1 is 1.13 bits per heavy atom. The summed E-state index contributed by atoms with van der Waals surface area (Å²) in [7, 11) is 0. The van der Waals surface area contributed by atoms with Crippen LogP contribution < -0.4 is 10.6 Å². The van der Waals surface area contributed by atoms with Crippen molar-refractivity contribution in [2.75, 3.05) is 13.1 Å². The minimum atomic E-state index is -0.222. The van der Waals surface area contributed by atoms with Crippen molar-refractivity contribution in [3.8, 4) is 11.4 Å². The van der Waals surface area contributed by atoms with Crippen LogP contribution in [0.2, 0.25) is 5.02 Å². The highest BCUT2D eigenvalue weighted by atomic mass is 35.5. The number of amides is 2. The number of fused-ring (bicyclic) bond motifs is 1. The quantitative estimate of drug-likeness (QED) is 0.413. The number of urea groups is 1. The Balaban J connectivity index is 1.21. The molecule has 30 heavy (non-hydrogen) atoms. The maximum atomic E-state index is 12.0. The number of nitrogens with one attached hydrogen (secondary N) is 3. The summed E-state index contributed by atoms with van der Waals surface area (Å²) < 4.78 is 5.24. The van der Waals surface area contributed by atoms with Crippen LogP contribution in [0.3, 0.4) is 0 Å². The van der Waals surface area contributed by atoms with E-state index in [-0.39, 0.29) is 6.03 Å². The van der Waals surface area contributed by atoms with Crippen LogP contribution in [0, 0.1) is 6.92 Å². The molecule has 0 saturated carbocycles. The summed E-state index contributed by atoms with van der Waals surface area (Å²) in [5, 5.41) is 11.4. The van der Waals surface area contributed by atoms with Gasteiger partial charge in [-0.1, -0.05) is 41.0 Å². The number of aromatic amines is 1. The number of hydrogen-bond acceptors (Lipinski definition) is 4. The zero-order valence-electron chi connectivity index (χ0n) is 16.5. The van der Waals surface area contributed by atoms with E-state index in [9.17, 15) is 4.79 Å². The highest BCUT2D eigenvalue weighted by Crippen LogP contribution is 2.20. The normalized spacial score (nSPS) is 11.0. The Morgan fingerprint density at radius 3 is 2.80 bits per heavy atom. The molecule has 0 aliphatic rings. The van der Waals surface area contributed by atoms with E-state index in [0.717, 1.165) is 17.5 Å². The molecule has 0 aliphatic carbocycles. The maximum Gasteiger partial charge on any atom is 0.314 e. The number of nitrogens with zero attached hydrogens (tertiary/aromatic N) is 2. The van der Waals surface area contributed by atoms with Crippen molar-refractivity contribution in [1.29, 1.82) is 0 Å². The van der Waals surface area contributed by atoms with Gasteiger partial charge in [0, 0.05) is 47.2 Å². The Kier molecular flexibility index (Phi) is 5.99. The van der Waals surface area contributed by atoms with Gasteiger partial charge in [0.2, 0.25) is 11.7 Å². The molecule has 2 heterocycles. The monoisotopic (exact) mass is 423 g/mol. The Labute approximate surface area is 178 Å². The largest absolute Gasteiger partial charge is 0.361 e. The second-order valence-electron chi connectivity index (χ2n) is 7.07. The lowest BCUT2D eigenvalue weighted by Gasteiger charge is -2.06. The van der Waals surface area contributed by atoms with Gasteiger partial charge in [0.25, 0.3) is 0 Å². The number of carbonyl (C=O) groups excluding carboxylic acids is 1. The predicted octanol–water partition coefficient (Wildman–Crippen LogP) is 4.26. The highest BCUT2D eigenvalue weighted by Gasteiger charge is 2.10. The van der Waals surface area contributed by atoms with Gasteiger partial charge in [-0.2, -0.15) is 4.98 Å². The molecule has 0 unspecified atom stereocenters. The number of carbonyl (C=O) groups is 1. The van der Waals surface area contributed by atoms with E-state index in [1.54, 1.807) is 12.1 Å². The summed E-state index contributed by atoms with van der Waals surface area (Å²) in [5.41, 5.74) is 4.31. The van der Waals surface area contributed by atoms with E-state index in [2.05, 4.69) is 50.9 Å². The average Bonchev–Trinajstić information content (AvgIpc) is 3.35. The summed E-state index contributed by atoms with van der Waals surface area (Å²) in [6, 6.07) is 13.4. The van der Waals surface area contributed by atoms with Crippen LogP contribution in [0.1, 0.15) is 17.0 Å². The van der Waals surface area contributed by atoms with Crippen molar-refractivity contribution in [2.45, 2.75) is 19.8 Å². The zero-order chi connectivity index (χ0) is 20.9. The number of benzene rings is 2. The van der Waals surface area contributed by atoms with E-state index in [4.69, 9.17) is 16.1 Å². The van der Waals surface area contributed by atoms with Crippen LogP contribution in [0.4, 0.5) is 4.79 Å². The molecule has 2 aromatic heterocycles. The minimum absolute atomic E-state index is 0.222. The number of H-pyrrole nitrogens is 1. The third-order valence-corrected chi connectivity index (χ3v) is 5.01. The van der Waals surface area contributed by atoms with Gasteiger partial charge in [0.05, 0.1) is 0 Å². The molecule has 154 valence electrons. The van der Waals surface area contributed by atoms with E-state index in [1.165, 1.54) is 16.5 Å². The number of halogens is 1. The molecule has 0 fully saturated rings. The first kappa shape index (κ1) is 20.0. The van der Waals surface area contributed by atoms with E-state index < -0.39 is 0 Å². The molecule has 4 aromatic rings. The predicted molar refractivity (Wildman–Crippen MR) is 117 cm³/mol. The summed E-state index contributed by atoms with van der Waals surface area (Å²) in [6.45, 7) is 3.01. The first-order chi connectivity index (χ1) is 14.6. The molecule has 0 atom stereocenters. The molecule has 0 spiro atoms. The van der Waals surface area contributed by atoms with Crippen molar-refractivity contribution in [2.24, 2.45) is 0 Å². The fraction of sp³-hybridized carbons (Fsp3) is 0.227. The molecular formula is C22H22ClN5O2. The van der Waals surface area contributed by atoms with Gasteiger partial charge in [-0.15, -0.1) is 0 Å². The second-order valence-corrected chi connectivity index (χ2v) is 7.50. The fourth-order valence-corrected chi connectivity index (χ4v) is 3.45. The Hall–Kier alpha value is -3.32. The van der Waals surface area contributed by atoms with Crippen LogP contribution in [-0.4, -0.2) is 34.2 Å². The van der Waals surface area contributed by atoms with Crippen molar-refractivity contribution >= 4 is 28.5 Å². The Bertz CT molecular complexity index is 1170. The van der Waals surface area contributed by atoms with Gasteiger partial charge in [-0.25, -0.2) is 4.79 Å². The molecule has 4 rings (SSSR count). The highest BCUT2D eigenvalue weighted by molar-refractivity contribution is 6.30. The van der Waals surface area contributed by atoms with Gasteiger partial charge in [0.1, 0.15) is 0 Å². The number of hydrogen-bond donors (Lipinski definition) is 3. The molecule has 0 saturated heterocycles. The summed E-state index contributed by atoms with van der Waals surface area (Å²) in [4.78, 5) is 19.6. The van der Waals surface area contributed by atoms with Crippen molar-refractivity contribution in [3.63, 3.8) is 0 Å². The smallest absolute Gasteiger partial charge is 0.314 e. The van der Waals surface area contributed by atoms with Gasteiger partial charge in [0.15, 0.2) is 0 Å². The van der Waals surface area contributed by atoms with Gasteiger partial charge < -0.3 is 20.1 Å². The third kappa shape index (κ3) is 4.80. The second kappa shape index (κ2) is 9.00. The third-order valence-electron chi connectivity index (χ3n) is 4.78. The molecule has 0 aliphatic heterocycles. The molecular weight excluding hydrogens is 402 g/mol. The lowest BCUT2D eigenvalue weighted by molar-refractivity contribution is 0.240. The summed E-state index contributed by atoms with van der Waals surface area (Å²) in [6.07, 6.45) is 3.20. The van der Waals surface area contributed by atoms with Gasteiger partial charge in [-0.3, -0.25) is 0 Å². The molecule has 7 nitrogen and oxygen atoms in total. The first-order valence-corrected chi connectivity index (χ1v) is 10.1. The number of aromatic nitrogens is 3. The molecule has 2 aromatic carbocycles. The van der Waals surface area contributed by atoms with Gasteiger partial charge >= 0.3 is 6.03 Å². The molecule has 3 N–H and O–H groups in total. The van der Waals surface area contributed by atoms with E-state index in [0.29, 0.717) is 36.2 Å².